The van der Waals surface area contributed by atoms with Crippen LogP contribution in [-0.2, 0) is 24.3 Å². The Morgan fingerprint density at radius 1 is 1.30 bits per heavy atom. The first-order valence-electron chi connectivity index (χ1n) is 8.78. The number of rotatable bonds is 6. The summed E-state index contributed by atoms with van der Waals surface area (Å²) in [7, 11) is -3.67. The Morgan fingerprint density at radius 3 is 2.41 bits per heavy atom. The van der Waals surface area contributed by atoms with Crippen LogP contribution in [0.3, 0.4) is 0 Å². The maximum absolute atomic E-state index is 12.7. The topological polar surface area (TPSA) is 117 Å². The zero-order valence-electron chi connectivity index (χ0n) is 15.3. The summed E-state index contributed by atoms with van der Waals surface area (Å²) in [6.07, 6.45) is -0.217. The Bertz CT molecular complexity index is 822. The second-order valence-electron chi connectivity index (χ2n) is 6.29. The zero-order valence-corrected chi connectivity index (χ0v) is 16.2. The third-order valence-corrected chi connectivity index (χ3v) is 6.33. The molecule has 8 nitrogen and oxygen atoms in total. The molecule has 1 aromatic rings. The molecule has 1 saturated heterocycles. The van der Waals surface area contributed by atoms with E-state index in [0.29, 0.717) is 24.9 Å². The molecule has 0 saturated carbocycles. The minimum absolute atomic E-state index is 0.118. The first-order valence-corrected chi connectivity index (χ1v) is 10.2. The van der Waals surface area contributed by atoms with Crippen molar-refractivity contribution in [1.82, 2.24) is 9.62 Å². The van der Waals surface area contributed by atoms with Gasteiger partial charge in [0.05, 0.1) is 22.4 Å². The number of nitrogens with zero attached hydrogens (tertiary/aromatic N) is 2. The van der Waals surface area contributed by atoms with Gasteiger partial charge in [-0.3, -0.25) is 9.59 Å². The van der Waals surface area contributed by atoms with E-state index in [9.17, 15) is 18.0 Å². The van der Waals surface area contributed by atoms with Crippen molar-refractivity contribution < 1.29 is 22.7 Å². The molecule has 2 rings (SSSR count). The van der Waals surface area contributed by atoms with Crippen LogP contribution in [0, 0.1) is 17.2 Å². The Balaban J connectivity index is 1.94. The van der Waals surface area contributed by atoms with Crippen LogP contribution in [0.2, 0.25) is 0 Å². The largest absolute Gasteiger partial charge is 0.452 e. The number of sulfonamides is 1. The highest BCUT2D eigenvalue weighted by Crippen LogP contribution is 2.25. The molecule has 0 aliphatic carbocycles. The smallest absolute Gasteiger partial charge is 0.309 e. The summed E-state index contributed by atoms with van der Waals surface area (Å²) in [6.45, 7) is 4.12. The van der Waals surface area contributed by atoms with E-state index in [1.165, 1.54) is 35.5 Å². The van der Waals surface area contributed by atoms with Crippen molar-refractivity contribution in [3.05, 3.63) is 29.8 Å². The number of esters is 1. The number of nitrogens with one attached hydrogen (secondary N) is 1. The van der Waals surface area contributed by atoms with Crippen molar-refractivity contribution in [2.45, 2.75) is 37.7 Å². The Hall–Kier alpha value is -2.44. The average molecular weight is 393 g/mol. The summed E-state index contributed by atoms with van der Waals surface area (Å²) < 4.78 is 31.9. The van der Waals surface area contributed by atoms with Gasteiger partial charge < -0.3 is 10.1 Å². The lowest BCUT2D eigenvalue weighted by molar-refractivity contribution is -0.159. The van der Waals surface area contributed by atoms with Gasteiger partial charge in [-0.2, -0.15) is 9.57 Å². The van der Waals surface area contributed by atoms with Crippen LogP contribution in [-0.4, -0.2) is 50.3 Å². The molecule has 0 radical (unpaired) electrons. The third-order valence-electron chi connectivity index (χ3n) is 4.42. The molecule has 0 unspecified atom stereocenters. The highest BCUT2D eigenvalue weighted by Gasteiger charge is 2.33. The first-order chi connectivity index (χ1) is 12.8. The normalized spacial score (nSPS) is 16.9. The molecule has 27 heavy (non-hydrogen) atoms. The molecule has 0 bridgehead atoms. The van der Waals surface area contributed by atoms with Gasteiger partial charge in [-0.25, -0.2) is 8.42 Å². The van der Waals surface area contributed by atoms with Crippen LogP contribution in [0.4, 0.5) is 0 Å². The summed E-state index contributed by atoms with van der Waals surface area (Å²) in [5.74, 6) is -1.27. The molecule has 1 aliphatic heterocycles. The standard InChI is InChI=1S/C18H23N3O5S/c1-3-20-17(22)13(2)26-18(23)15-8-10-21(11-9-15)27(24,25)16-6-4-14(12-19)5-7-16/h4-7,13,15H,3,8-11H2,1-2H3,(H,20,22)/t13-/m1/s1. The Morgan fingerprint density at radius 2 is 1.89 bits per heavy atom. The van der Waals surface area contributed by atoms with Crippen molar-refractivity contribution in [2.24, 2.45) is 5.92 Å². The van der Waals surface area contributed by atoms with Crippen molar-refractivity contribution in [3.63, 3.8) is 0 Å². The monoisotopic (exact) mass is 393 g/mol. The predicted molar refractivity (Wildman–Crippen MR) is 96.9 cm³/mol. The van der Waals surface area contributed by atoms with Gasteiger partial charge in [-0.05, 0) is 51.0 Å². The molecular formula is C18H23N3O5S. The van der Waals surface area contributed by atoms with Crippen molar-refractivity contribution in [1.29, 1.82) is 5.26 Å². The van der Waals surface area contributed by atoms with E-state index in [2.05, 4.69) is 5.32 Å². The number of nitriles is 1. The maximum atomic E-state index is 12.7. The number of amides is 1. The Labute approximate surface area is 159 Å². The predicted octanol–water partition coefficient (Wildman–Crippen LogP) is 1.03. The van der Waals surface area contributed by atoms with E-state index in [-0.39, 0.29) is 23.9 Å². The minimum Gasteiger partial charge on any atom is -0.452 e. The number of benzene rings is 1. The fraction of sp³-hybridized carbons (Fsp3) is 0.500. The summed E-state index contributed by atoms with van der Waals surface area (Å²) in [6, 6.07) is 7.67. The summed E-state index contributed by atoms with van der Waals surface area (Å²) in [5, 5.41) is 11.4. The second kappa shape index (κ2) is 8.97. The van der Waals surface area contributed by atoms with Gasteiger partial charge in [-0.1, -0.05) is 0 Å². The van der Waals surface area contributed by atoms with Crippen molar-refractivity contribution in [2.75, 3.05) is 19.6 Å². The molecule has 1 aliphatic rings. The Kier molecular flexibility index (Phi) is 6.93. The SMILES string of the molecule is CCNC(=O)[C@@H](C)OC(=O)C1CCN(S(=O)(=O)c2ccc(C#N)cc2)CC1. The molecule has 1 aromatic carbocycles. The number of carbonyl (C=O) groups excluding carboxylic acids is 2. The van der Waals surface area contributed by atoms with Crippen molar-refractivity contribution >= 4 is 21.9 Å². The zero-order chi connectivity index (χ0) is 20.0. The van der Waals surface area contributed by atoms with Crippen LogP contribution in [0.15, 0.2) is 29.2 Å². The van der Waals surface area contributed by atoms with Gasteiger partial charge in [0, 0.05) is 19.6 Å². The molecule has 146 valence electrons. The number of carbonyl (C=O) groups is 2. The van der Waals surface area contributed by atoms with Gasteiger partial charge in [0.1, 0.15) is 0 Å². The van der Waals surface area contributed by atoms with E-state index in [1.807, 2.05) is 6.07 Å². The highest BCUT2D eigenvalue weighted by atomic mass is 32.2. The summed E-state index contributed by atoms with van der Waals surface area (Å²) in [4.78, 5) is 24.0. The van der Waals surface area contributed by atoms with Gasteiger partial charge >= 0.3 is 5.97 Å². The van der Waals surface area contributed by atoms with Gasteiger partial charge in [0.15, 0.2) is 6.10 Å². The summed E-state index contributed by atoms with van der Waals surface area (Å²) >= 11 is 0. The average Bonchev–Trinajstić information content (AvgIpc) is 2.68. The molecule has 1 atom stereocenters. The van der Waals surface area contributed by atoms with E-state index in [4.69, 9.17) is 10.00 Å². The fourth-order valence-corrected chi connectivity index (χ4v) is 4.29. The van der Waals surface area contributed by atoms with E-state index in [1.54, 1.807) is 6.92 Å². The second-order valence-corrected chi connectivity index (χ2v) is 8.23. The maximum Gasteiger partial charge on any atom is 0.309 e. The first kappa shape index (κ1) is 20.9. The lowest BCUT2D eigenvalue weighted by Gasteiger charge is -2.30. The number of likely N-dealkylation sites (N-methyl/N-ethyl adjacent to an activating group) is 1. The minimum atomic E-state index is -3.67. The van der Waals surface area contributed by atoms with Crippen LogP contribution in [0.1, 0.15) is 32.3 Å². The van der Waals surface area contributed by atoms with Gasteiger partial charge in [0.2, 0.25) is 10.0 Å². The highest BCUT2D eigenvalue weighted by molar-refractivity contribution is 7.89. The third kappa shape index (κ3) is 5.05. The molecular weight excluding hydrogens is 370 g/mol. The lowest BCUT2D eigenvalue weighted by atomic mass is 9.98. The molecule has 1 amide bonds. The summed E-state index contributed by atoms with van der Waals surface area (Å²) in [5.41, 5.74) is 0.386. The van der Waals surface area contributed by atoms with E-state index < -0.39 is 28.0 Å². The van der Waals surface area contributed by atoms with Crippen molar-refractivity contribution in [3.8, 4) is 6.07 Å². The number of piperidine rings is 1. The van der Waals surface area contributed by atoms with E-state index >= 15 is 0 Å². The van der Waals surface area contributed by atoms with Crippen LogP contribution >= 0.6 is 0 Å². The lowest BCUT2D eigenvalue weighted by Crippen LogP contribution is -2.42. The van der Waals surface area contributed by atoms with E-state index in [0.717, 1.165) is 0 Å². The van der Waals surface area contributed by atoms with Gasteiger partial charge in [0.25, 0.3) is 5.91 Å². The quantitative estimate of drug-likeness (QED) is 0.722. The number of hydrogen-bond donors (Lipinski definition) is 1. The number of hydrogen-bond acceptors (Lipinski definition) is 6. The molecule has 0 aromatic heterocycles. The molecule has 9 heteroatoms. The van der Waals surface area contributed by atoms with Crippen LogP contribution in [0.5, 0.6) is 0 Å². The fourth-order valence-electron chi connectivity index (χ4n) is 2.82. The van der Waals surface area contributed by atoms with Crippen LogP contribution < -0.4 is 5.32 Å². The molecule has 1 N–H and O–H groups in total. The molecule has 1 fully saturated rings. The molecule has 1 heterocycles. The van der Waals surface area contributed by atoms with Gasteiger partial charge in [-0.15, -0.1) is 0 Å². The van der Waals surface area contributed by atoms with Crippen LogP contribution in [0.25, 0.3) is 0 Å². The number of ether oxygens (including phenoxy) is 1. The molecule has 0 spiro atoms.